The van der Waals surface area contributed by atoms with Crippen LogP contribution in [0.2, 0.25) is 0 Å². The lowest BCUT2D eigenvalue weighted by atomic mass is 10.2. The van der Waals surface area contributed by atoms with Crippen LogP contribution in [0.25, 0.3) is 0 Å². The highest BCUT2D eigenvalue weighted by atomic mass is 15.3. The molecule has 76 valence electrons. The average Bonchev–Trinajstić information content (AvgIpc) is 2.68. The molecular weight excluding hydrogens is 186 g/mol. The smallest absolute Gasteiger partial charge is 0.112 e. The summed E-state index contributed by atoms with van der Waals surface area (Å²) < 4.78 is 0. The van der Waals surface area contributed by atoms with Gasteiger partial charge >= 0.3 is 0 Å². The molecule has 0 unspecified atom stereocenters. The summed E-state index contributed by atoms with van der Waals surface area (Å²) in [5.41, 5.74) is 1.27. The van der Waals surface area contributed by atoms with E-state index in [2.05, 4.69) is 28.4 Å². The summed E-state index contributed by atoms with van der Waals surface area (Å²) in [5.74, 6) is 0.932. The second-order valence-electron chi connectivity index (χ2n) is 3.49. The lowest BCUT2D eigenvalue weighted by Gasteiger charge is -2.17. The van der Waals surface area contributed by atoms with Crippen LogP contribution in [0.15, 0.2) is 42.2 Å². The maximum Gasteiger partial charge on any atom is 0.112 e. The monoisotopic (exact) mass is 199 g/mol. The van der Waals surface area contributed by atoms with Gasteiger partial charge in [0.05, 0.1) is 12.1 Å². The molecule has 0 saturated carbocycles. The average molecular weight is 199 g/mol. The fourth-order valence-electron chi connectivity index (χ4n) is 1.72. The van der Waals surface area contributed by atoms with Crippen LogP contribution >= 0.6 is 0 Å². The third-order valence-electron chi connectivity index (χ3n) is 2.45. The third-order valence-corrected chi connectivity index (χ3v) is 2.45. The van der Waals surface area contributed by atoms with E-state index in [0.717, 1.165) is 25.5 Å². The molecule has 0 bridgehead atoms. The number of nitriles is 1. The van der Waals surface area contributed by atoms with Crippen LogP contribution in [0.5, 0.6) is 0 Å². The number of nitrogens with one attached hydrogen (secondary N) is 1. The maximum absolute atomic E-state index is 8.62. The van der Waals surface area contributed by atoms with Crippen molar-refractivity contribution in [3.63, 3.8) is 0 Å². The predicted molar refractivity (Wildman–Crippen MR) is 58.6 cm³/mol. The van der Waals surface area contributed by atoms with Crippen molar-refractivity contribution in [1.82, 2.24) is 10.2 Å². The fourth-order valence-corrected chi connectivity index (χ4v) is 1.72. The molecule has 3 nitrogen and oxygen atoms in total. The van der Waals surface area contributed by atoms with Crippen molar-refractivity contribution >= 4 is 0 Å². The Hall–Kier alpha value is -1.95. The van der Waals surface area contributed by atoms with E-state index >= 15 is 0 Å². The van der Waals surface area contributed by atoms with Gasteiger partial charge in [0.25, 0.3) is 0 Å². The summed E-state index contributed by atoms with van der Waals surface area (Å²) in [6.45, 7) is 2.74. The van der Waals surface area contributed by atoms with Crippen LogP contribution in [0, 0.1) is 11.3 Å². The summed E-state index contributed by atoms with van der Waals surface area (Å²) in [6, 6.07) is 12.3. The van der Waals surface area contributed by atoms with Gasteiger partial charge in [-0.05, 0) is 5.56 Å². The molecule has 1 aliphatic rings. The third kappa shape index (κ3) is 2.29. The molecule has 1 N–H and O–H groups in total. The molecule has 15 heavy (non-hydrogen) atoms. The molecule has 2 rings (SSSR count). The van der Waals surface area contributed by atoms with Crippen LogP contribution in [-0.2, 0) is 6.54 Å². The molecule has 1 aromatic rings. The molecule has 0 amide bonds. The summed E-state index contributed by atoms with van der Waals surface area (Å²) in [5, 5.41) is 11.8. The van der Waals surface area contributed by atoms with Gasteiger partial charge in [0.2, 0.25) is 0 Å². The Morgan fingerprint density at radius 3 is 2.93 bits per heavy atom. The van der Waals surface area contributed by atoms with Crippen molar-refractivity contribution < 1.29 is 0 Å². The van der Waals surface area contributed by atoms with Gasteiger partial charge in [-0.15, -0.1) is 0 Å². The number of hydrogen-bond acceptors (Lipinski definition) is 3. The van der Waals surface area contributed by atoms with Gasteiger partial charge in [-0.25, -0.2) is 0 Å². The van der Waals surface area contributed by atoms with Crippen LogP contribution in [-0.4, -0.2) is 18.0 Å². The molecule has 0 spiro atoms. The number of rotatable bonds is 2. The molecule has 1 heterocycles. The Bertz CT molecular complexity index is 389. The number of allylic oxidation sites excluding steroid dienone is 1. The highest BCUT2D eigenvalue weighted by Gasteiger charge is 2.15. The van der Waals surface area contributed by atoms with Crippen LogP contribution < -0.4 is 5.32 Å². The summed E-state index contributed by atoms with van der Waals surface area (Å²) >= 11 is 0. The van der Waals surface area contributed by atoms with E-state index < -0.39 is 0 Å². The molecule has 1 aromatic carbocycles. The topological polar surface area (TPSA) is 39.1 Å². The predicted octanol–water partition coefficient (Wildman–Crippen LogP) is 1.46. The van der Waals surface area contributed by atoms with Gasteiger partial charge in [-0.2, -0.15) is 5.26 Å². The number of nitrogens with zero attached hydrogens (tertiary/aromatic N) is 2. The largest absolute Gasteiger partial charge is 0.369 e. The molecule has 1 fully saturated rings. The SMILES string of the molecule is N#C/C=C1/NCCN1Cc1ccccc1. The van der Waals surface area contributed by atoms with Gasteiger partial charge in [0.15, 0.2) is 0 Å². The van der Waals surface area contributed by atoms with Crippen molar-refractivity contribution in [2.75, 3.05) is 13.1 Å². The second kappa shape index (κ2) is 4.52. The van der Waals surface area contributed by atoms with Crippen LogP contribution in [0.1, 0.15) is 5.56 Å². The summed E-state index contributed by atoms with van der Waals surface area (Å²) in [6.07, 6.45) is 1.57. The zero-order valence-corrected chi connectivity index (χ0v) is 8.48. The van der Waals surface area contributed by atoms with E-state index in [0.29, 0.717) is 0 Å². The summed E-state index contributed by atoms with van der Waals surface area (Å²) in [7, 11) is 0. The second-order valence-corrected chi connectivity index (χ2v) is 3.49. The molecule has 0 aliphatic carbocycles. The van der Waals surface area contributed by atoms with E-state index in [-0.39, 0.29) is 0 Å². The van der Waals surface area contributed by atoms with Crippen molar-refractivity contribution in [3.8, 4) is 6.07 Å². The molecule has 0 atom stereocenters. The van der Waals surface area contributed by atoms with Crippen molar-refractivity contribution in [2.45, 2.75) is 6.54 Å². The van der Waals surface area contributed by atoms with Gasteiger partial charge in [-0.1, -0.05) is 30.3 Å². The lowest BCUT2D eigenvalue weighted by molar-refractivity contribution is 0.389. The molecule has 0 radical (unpaired) electrons. The first-order valence-electron chi connectivity index (χ1n) is 5.02. The normalized spacial score (nSPS) is 17.5. The minimum atomic E-state index is 0.862. The fraction of sp³-hybridized carbons (Fsp3) is 0.250. The Labute approximate surface area is 89.6 Å². The maximum atomic E-state index is 8.62. The minimum Gasteiger partial charge on any atom is -0.369 e. The molecule has 0 aromatic heterocycles. The Morgan fingerprint density at radius 1 is 1.40 bits per heavy atom. The van der Waals surface area contributed by atoms with Crippen LogP contribution in [0.4, 0.5) is 0 Å². The Balaban J connectivity index is 2.07. The number of hydrogen-bond donors (Lipinski definition) is 1. The van der Waals surface area contributed by atoms with Crippen molar-refractivity contribution in [1.29, 1.82) is 5.26 Å². The lowest BCUT2D eigenvalue weighted by Crippen LogP contribution is -2.19. The van der Waals surface area contributed by atoms with E-state index in [4.69, 9.17) is 5.26 Å². The van der Waals surface area contributed by atoms with E-state index in [9.17, 15) is 0 Å². The zero-order valence-electron chi connectivity index (χ0n) is 8.48. The standard InChI is InChI=1S/C12H13N3/c13-7-6-12-14-8-9-15(12)10-11-4-2-1-3-5-11/h1-6,14H,8-10H2/b12-6-. The van der Waals surface area contributed by atoms with Gasteiger partial charge in [0, 0.05) is 19.6 Å². The van der Waals surface area contributed by atoms with E-state index in [1.807, 2.05) is 18.2 Å². The molecule has 3 heteroatoms. The first kappa shape index (κ1) is 9.60. The Morgan fingerprint density at radius 2 is 2.20 bits per heavy atom. The first-order valence-corrected chi connectivity index (χ1v) is 5.02. The zero-order chi connectivity index (χ0) is 10.5. The Kier molecular flexibility index (Phi) is 2.89. The van der Waals surface area contributed by atoms with Crippen molar-refractivity contribution in [3.05, 3.63) is 47.8 Å². The minimum absolute atomic E-state index is 0.862. The van der Waals surface area contributed by atoms with E-state index in [1.165, 1.54) is 5.56 Å². The molecule has 1 saturated heterocycles. The highest BCUT2D eigenvalue weighted by molar-refractivity contribution is 5.19. The van der Waals surface area contributed by atoms with E-state index in [1.54, 1.807) is 6.08 Å². The summed E-state index contributed by atoms with van der Waals surface area (Å²) in [4.78, 5) is 2.18. The van der Waals surface area contributed by atoms with Gasteiger partial charge in [-0.3, -0.25) is 0 Å². The first-order chi connectivity index (χ1) is 7.40. The van der Waals surface area contributed by atoms with Crippen molar-refractivity contribution in [2.24, 2.45) is 0 Å². The van der Waals surface area contributed by atoms with Gasteiger partial charge in [0.1, 0.15) is 5.82 Å². The quantitative estimate of drug-likeness (QED) is 0.733. The molecule has 1 aliphatic heterocycles. The molecular formula is C12H13N3. The van der Waals surface area contributed by atoms with Crippen LogP contribution in [0.3, 0.4) is 0 Å². The highest BCUT2D eigenvalue weighted by Crippen LogP contribution is 2.12. The van der Waals surface area contributed by atoms with Gasteiger partial charge < -0.3 is 10.2 Å². The number of benzene rings is 1.